The molecule has 86 valence electrons. The molecule has 0 heterocycles. The van der Waals surface area contributed by atoms with Crippen LogP contribution in [0.25, 0.3) is 0 Å². The van der Waals surface area contributed by atoms with Crippen LogP contribution >= 0.6 is 0 Å². The van der Waals surface area contributed by atoms with E-state index in [0.29, 0.717) is 17.9 Å². The average Bonchev–Trinajstić information content (AvgIpc) is 2.50. The molecule has 0 spiro atoms. The molecule has 1 fully saturated rings. The van der Waals surface area contributed by atoms with Gasteiger partial charge in [0.25, 0.3) is 0 Å². The van der Waals surface area contributed by atoms with Crippen molar-refractivity contribution in [3.63, 3.8) is 0 Å². The van der Waals surface area contributed by atoms with Crippen molar-refractivity contribution >= 4 is 11.9 Å². The number of carboxylic acid groups (broad SMARTS) is 2. The molecule has 2 aliphatic rings. The van der Waals surface area contributed by atoms with Crippen molar-refractivity contribution in [1.82, 2.24) is 0 Å². The van der Waals surface area contributed by atoms with Crippen molar-refractivity contribution in [2.75, 3.05) is 0 Å². The molecule has 2 rings (SSSR count). The molecule has 0 aromatic heterocycles. The normalized spacial score (nSPS) is 26.8. The van der Waals surface area contributed by atoms with Crippen LogP contribution in [0.2, 0.25) is 0 Å². The van der Waals surface area contributed by atoms with Crippen LogP contribution in [-0.4, -0.2) is 22.2 Å². The molecule has 2 aliphatic carbocycles. The fraction of sp³-hybridized carbons (Fsp3) is 0.500. The Morgan fingerprint density at radius 1 is 1.31 bits per heavy atom. The highest BCUT2D eigenvalue weighted by molar-refractivity contribution is 6.13. The number of allylic oxidation sites excluding steroid dienone is 3. The third-order valence-corrected chi connectivity index (χ3v) is 3.53. The fourth-order valence-electron chi connectivity index (χ4n) is 2.66. The molecule has 0 aromatic carbocycles. The van der Waals surface area contributed by atoms with Crippen LogP contribution in [0.5, 0.6) is 0 Å². The lowest BCUT2D eigenvalue weighted by Crippen LogP contribution is -2.29. The second-order valence-corrected chi connectivity index (χ2v) is 4.38. The van der Waals surface area contributed by atoms with E-state index in [1.54, 1.807) is 0 Å². The minimum atomic E-state index is -1.32. The highest BCUT2D eigenvalue weighted by atomic mass is 16.4. The Bertz CT molecular complexity index is 401. The first kappa shape index (κ1) is 10.9. The third kappa shape index (κ3) is 1.54. The summed E-state index contributed by atoms with van der Waals surface area (Å²) in [4.78, 5) is 21.7. The Morgan fingerprint density at radius 3 is 2.44 bits per heavy atom. The predicted octanol–water partition coefficient (Wildman–Crippen LogP) is 1.83. The highest BCUT2D eigenvalue weighted by Crippen LogP contribution is 2.51. The highest BCUT2D eigenvalue weighted by Gasteiger charge is 2.43. The molecular formula is C12H14O4. The standard InChI is InChI=1S/C12H14O4/c1-2-6-3-7-5-9(8(7)4-6)10(11(13)14)12(15)16/h4,7-8H,2-3,5H2,1H3,(H,13,14)(H,15,16). The summed E-state index contributed by atoms with van der Waals surface area (Å²) in [5.74, 6) is -2.13. The Labute approximate surface area is 93.3 Å². The van der Waals surface area contributed by atoms with E-state index >= 15 is 0 Å². The van der Waals surface area contributed by atoms with Crippen LogP contribution < -0.4 is 0 Å². The lowest BCUT2D eigenvalue weighted by molar-refractivity contribution is -0.140. The van der Waals surface area contributed by atoms with Gasteiger partial charge < -0.3 is 10.2 Å². The van der Waals surface area contributed by atoms with E-state index in [-0.39, 0.29) is 5.92 Å². The van der Waals surface area contributed by atoms with E-state index in [0.717, 1.165) is 12.8 Å². The van der Waals surface area contributed by atoms with Gasteiger partial charge in [-0.1, -0.05) is 18.6 Å². The molecule has 0 amide bonds. The zero-order chi connectivity index (χ0) is 11.9. The first-order valence-electron chi connectivity index (χ1n) is 5.43. The number of carboxylic acids is 2. The van der Waals surface area contributed by atoms with E-state index in [4.69, 9.17) is 10.2 Å². The van der Waals surface area contributed by atoms with Gasteiger partial charge in [-0.3, -0.25) is 0 Å². The van der Waals surface area contributed by atoms with Gasteiger partial charge >= 0.3 is 11.9 Å². The number of hydrogen-bond donors (Lipinski definition) is 2. The first-order chi connectivity index (χ1) is 7.54. The topological polar surface area (TPSA) is 74.6 Å². The number of carbonyl (C=O) groups is 2. The lowest BCUT2D eigenvalue weighted by Gasteiger charge is -2.34. The Morgan fingerprint density at radius 2 is 1.94 bits per heavy atom. The van der Waals surface area contributed by atoms with Crippen LogP contribution in [0.3, 0.4) is 0 Å². The third-order valence-electron chi connectivity index (χ3n) is 3.53. The summed E-state index contributed by atoms with van der Waals surface area (Å²) < 4.78 is 0. The van der Waals surface area contributed by atoms with Gasteiger partial charge in [-0.15, -0.1) is 0 Å². The number of fused-ring (bicyclic) bond motifs is 1. The van der Waals surface area contributed by atoms with E-state index < -0.39 is 17.5 Å². The van der Waals surface area contributed by atoms with E-state index in [2.05, 4.69) is 13.0 Å². The summed E-state index contributed by atoms with van der Waals surface area (Å²) in [5.41, 5.74) is 1.49. The predicted molar refractivity (Wildman–Crippen MR) is 56.9 cm³/mol. The van der Waals surface area contributed by atoms with E-state index in [1.165, 1.54) is 5.57 Å². The molecule has 1 saturated carbocycles. The fourth-order valence-corrected chi connectivity index (χ4v) is 2.66. The van der Waals surface area contributed by atoms with Gasteiger partial charge in [0.05, 0.1) is 0 Å². The molecule has 2 unspecified atom stereocenters. The minimum absolute atomic E-state index is 0.0668. The minimum Gasteiger partial charge on any atom is -0.477 e. The molecule has 0 saturated heterocycles. The SMILES string of the molecule is CCC1=CC2C(=C(C(=O)O)C(=O)O)CC2C1. The van der Waals surface area contributed by atoms with Crippen LogP contribution in [-0.2, 0) is 9.59 Å². The van der Waals surface area contributed by atoms with Gasteiger partial charge in [-0.2, -0.15) is 0 Å². The molecule has 2 atom stereocenters. The van der Waals surface area contributed by atoms with E-state index in [9.17, 15) is 9.59 Å². The molecule has 0 bridgehead atoms. The molecule has 4 heteroatoms. The van der Waals surface area contributed by atoms with Crippen molar-refractivity contribution in [2.24, 2.45) is 11.8 Å². The van der Waals surface area contributed by atoms with Crippen molar-refractivity contribution in [1.29, 1.82) is 0 Å². The second kappa shape index (κ2) is 3.77. The van der Waals surface area contributed by atoms with Crippen molar-refractivity contribution in [3.8, 4) is 0 Å². The number of aliphatic carboxylic acids is 2. The summed E-state index contributed by atoms with van der Waals surface area (Å²) in [6.45, 7) is 2.06. The lowest BCUT2D eigenvalue weighted by atomic mass is 9.69. The van der Waals surface area contributed by atoms with E-state index in [1.807, 2.05) is 0 Å². The van der Waals surface area contributed by atoms with Crippen molar-refractivity contribution in [3.05, 3.63) is 22.8 Å². The maximum Gasteiger partial charge on any atom is 0.343 e. The Balaban J connectivity index is 2.30. The van der Waals surface area contributed by atoms with Gasteiger partial charge in [0.2, 0.25) is 0 Å². The molecule has 0 aliphatic heterocycles. The summed E-state index contributed by atoms with van der Waals surface area (Å²) >= 11 is 0. The van der Waals surface area contributed by atoms with Crippen LogP contribution in [0.1, 0.15) is 26.2 Å². The summed E-state index contributed by atoms with van der Waals surface area (Å²) in [6, 6.07) is 0. The number of rotatable bonds is 3. The van der Waals surface area contributed by atoms with Crippen molar-refractivity contribution in [2.45, 2.75) is 26.2 Å². The second-order valence-electron chi connectivity index (χ2n) is 4.38. The Hall–Kier alpha value is -1.58. The monoisotopic (exact) mass is 222 g/mol. The molecule has 4 nitrogen and oxygen atoms in total. The first-order valence-corrected chi connectivity index (χ1v) is 5.43. The largest absolute Gasteiger partial charge is 0.477 e. The van der Waals surface area contributed by atoms with Gasteiger partial charge in [0, 0.05) is 5.92 Å². The smallest absolute Gasteiger partial charge is 0.343 e. The maximum atomic E-state index is 10.9. The summed E-state index contributed by atoms with van der Waals surface area (Å²) in [7, 11) is 0. The molecule has 0 radical (unpaired) electrons. The zero-order valence-corrected chi connectivity index (χ0v) is 9.06. The zero-order valence-electron chi connectivity index (χ0n) is 9.06. The van der Waals surface area contributed by atoms with Crippen molar-refractivity contribution < 1.29 is 19.8 Å². The van der Waals surface area contributed by atoms with Gasteiger partial charge in [-0.05, 0) is 30.8 Å². The quantitative estimate of drug-likeness (QED) is 0.330. The molecule has 2 N–H and O–H groups in total. The van der Waals surface area contributed by atoms with Gasteiger partial charge in [-0.25, -0.2) is 9.59 Å². The van der Waals surface area contributed by atoms with Gasteiger partial charge in [0.15, 0.2) is 0 Å². The molecule has 0 aromatic rings. The van der Waals surface area contributed by atoms with Crippen LogP contribution in [0.4, 0.5) is 0 Å². The Kier molecular flexibility index (Phi) is 2.58. The molecule has 16 heavy (non-hydrogen) atoms. The summed E-state index contributed by atoms with van der Waals surface area (Å²) in [5, 5.41) is 17.7. The number of hydrogen-bond acceptors (Lipinski definition) is 2. The summed E-state index contributed by atoms with van der Waals surface area (Å²) in [6.07, 6.45) is 4.64. The van der Waals surface area contributed by atoms with Crippen LogP contribution in [0.15, 0.2) is 22.8 Å². The maximum absolute atomic E-state index is 10.9. The van der Waals surface area contributed by atoms with Gasteiger partial charge in [0.1, 0.15) is 5.57 Å². The van der Waals surface area contributed by atoms with Crippen LogP contribution in [0, 0.1) is 11.8 Å². The molecular weight excluding hydrogens is 208 g/mol. The average molecular weight is 222 g/mol.